The number of nitrogens with one attached hydrogen (secondary N) is 1. The second-order valence-electron chi connectivity index (χ2n) is 4.82. The van der Waals surface area contributed by atoms with E-state index >= 15 is 0 Å². The molecule has 4 heteroatoms. The number of carbonyl (C=O) groups excluding carboxylic acids is 2. The number of aromatic nitrogens is 1. The van der Waals surface area contributed by atoms with Gasteiger partial charge in [0.15, 0.2) is 0 Å². The summed E-state index contributed by atoms with van der Waals surface area (Å²) < 4.78 is 1.94. The number of nitrogens with zero attached hydrogens (tertiary/aromatic N) is 1. The van der Waals surface area contributed by atoms with Gasteiger partial charge in [-0.25, -0.2) is 0 Å². The summed E-state index contributed by atoms with van der Waals surface area (Å²) in [5, 5.41) is 2.71. The molecular formula is C16H14N2O2. The van der Waals surface area contributed by atoms with Crippen LogP contribution in [0.5, 0.6) is 0 Å². The topological polar surface area (TPSA) is 51.1 Å². The van der Waals surface area contributed by atoms with Crippen molar-refractivity contribution >= 4 is 23.5 Å². The van der Waals surface area contributed by atoms with E-state index in [4.69, 9.17) is 0 Å². The number of hydrogen-bond donors (Lipinski definition) is 1. The monoisotopic (exact) mass is 266 g/mol. The van der Waals surface area contributed by atoms with Gasteiger partial charge in [-0.15, -0.1) is 0 Å². The number of rotatable bonds is 2. The van der Waals surface area contributed by atoms with E-state index in [1.807, 2.05) is 53.2 Å². The lowest BCUT2D eigenvalue weighted by atomic mass is 10.1. The zero-order valence-electron chi connectivity index (χ0n) is 11.1. The van der Waals surface area contributed by atoms with Gasteiger partial charge in [-0.3, -0.25) is 9.59 Å². The third-order valence-corrected chi connectivity index (χ3v) is 3.27. The molecular weight excluding hydrogens is 252 g/mol. The van der Waals surface area contributed by atoms with Gasteiger partial charge in [0.25, 0.3) is 0 Å². The molecule has 0 atom stereocenters. The van der Waals surface area contributed by atoms with E-state index in [1.165, 1.54) is 6.92 Å². The van der Waals surface area contributed by atoms with Gasteiger partial charge in [0.05, 0.1) is 12.2 Å². The van der Waals surface area contributed by atoms with Crippen molar-refractivity contribution in [3.63, 3.8) is 0 Å². The maximum Gasteiger partial charge on any atom is 0.221 e. The van der Waals surface area contributed by atoms with Gasteiger partial charge in [0.2, 0.25) is 11.7 Å². The Bertz CT molecular complexity index is 708. The number of carbonyl (C=O) groups is 2. The molecule has 0 aliphatic carbocycles. The molecule has 4 nitrogen and oxygen atoms in total. The Morgan fingerprint density at radius 3 is 2.65 bits per heavy atom. The number of fused-ring (bicyclic) bond motifs is 1. The van der Waals surface area contributed by atoms with Crippen molar-refractivity contribution in [2.45, 2.75) is 13.5 Å². The predicted octanol–water partition coefficient (Wildman–Crippen LogP) is 2.73. The first kappa shape index (κ1) is 12.4. The Morgan fingerprint density at radius 1 is 1.25 bits per heavy atom. The van der Waals surface area contributed by atoms with Gasteiger partial charge < -0.3 is 9.88 Å². The summed E-state index contributed by atoms with van der Waals surface area (Å²) in [6.45, 7) is 2.09. The first-order valence-electron chi connectivity index (χ1n) is 6.41. The van der Waals surface area contributed by atoms with Gasteiger partial charge in [-0.1, -0.05) is 12.1 Å². The molecule has 2 aromatic rings. The van der Waals surface area contributed by atoms with Crippen molar-refractivity contribution in [3.05, 3.63) is 59.4 Å². The molecule has 3 rings (SSSR count). The normalized spacial score (nSPS) is 15.4. The van der Waals surface area contributed by atoms with Crippen molar-refractivity contribution in [2.24, 2.45) is 0 Å². The van der Waals surface area contributed by atoms with E-state index < -0.39 is 0 Å². The van der Waals surface area contributed by atoms with E-state index in [1.54, 1.807) is 0 Å². The molecule has 1 aromatic heterocycles. The number of amides is 1. The van der Waals surface area contributed by atoms with Crippen LogP contribution in [0.2, 0.25) is 0 Å². The molecule has 1 aliphatic rings. The molecule has 1 N–H and O–H groups in total. The summed E-state index contributed by atoms with van der Waals surface area (Å²) in [6, 6.07) is 11.1. The molecule has 20 heavy (non-hydrogen) atoms. The molecule has 1 aromatic carbocycles. The Hall–Kier alpha value is -2.62. The van der Waals surface area contributed by atoms with E-state index in [0.29, 0.717) is 6.54 Å². The summed E-state index contributed by atoms with van der Waals surface area (Å²) in [6.07, 6.45) is 3.81. The molecule has 0 radical (unpaired) electrons. The Balaban J connectivity index is 1.81. The third-order valence-electron chi connectivity index (χ3n) is 3.27. The van der Waals surface area contributed by atoms with E-state index in [-0.39, 0.29) is 11.7 Å². The fourth-order valence-corrected chi connectivity index (χ4v) is 2.36. The summed E-state index contributed by atoms with van der Waals surface area (Å²) in [7, 11) is 0. The highest BCUT2D eigenvalue weighted by atomic mass is 16.1. The zero-order valence-corrected chi connectivity index (χ0v) is 11.1. The lowest BCUT2D eigenvalue weighted by Gasteiger charge is -2.02. The van der Waals surface area contributed by atoms with E-state index in [2.05, 4.69) is 5.32 Å². The minimum Gasteiger partial charge on any atom is -0.340 e. The average molecular weight is 266 g/mol. The second kappa shape index (κ2) is 4.81. The highest BCUT2D eigenvalue weighted by molar-refractivity contribution is 6.12. The summed E-state index contributed by atoms with van der Waals surface area (Å²) in [4.78, 5) is 23.1. The molecule has 0 fully saturated rings. The van der Waals surface area contributed by atoms with Crippen LogP contribution in [0.4, 0.5) is 5.69 Å². The number of benzene rings is 1. The second-order valence-corrected chi connectivity index (χ2v) is 4.82. The maximum atomic E-state index is 12.1. The minimum absolute atomic E-state index is 0.0842. The molecule has 0 bridgehead atoms. The lowest BCUT2D eigenvalue weighted by molar-refractivity contribution is -0.114. The van der Waals surface area contributed by atoms with Crippen LogP contribution in [0.3, 0.4) is 0 Å². The van der Waals surface area contributed by atoms with Crippen LogP contribution in [-0.4, -0.2) is 16.3 Å². The molecule has 100 valence electrons. The Labute approximate surface area is 116 Å². The van der Waals surface area contributed by atoms with Crippen molar-refractivity contribution < 1.29 is 9.59 Å². The maximum absolute atomic E-state index is 12.1. The van der Waals surface area contributed by atoms with Crippen molar-refractivity contribution in [1.29, 1.82) is 0 Å². The number of ketones is 1. The smallest absolute Gasteiger partial charge is 0.221 e. The molecule has 0 saturated heterocycles. The number of Topliss-reactive ketones (excluding diaryl/α,β-unsaturated/α-hetero) is 1. The summed E-state index contributed by atoms with van der Waals surface area (Å²) in [5.41, 5.74) is 3.23. The summed E-state index contributed by atoms with van der Waals surface area (Å²) in [5.74, 6) is -0.0117. The molecule has 0 spiro atoms. The summed E-state index contributed by atoms with van der Waals surface area (Å²) >= 11 is 0. The van der Waals surface area contributed by atoms with Crippen LogP contribution in [0.1, 0.15) is 23.0 Å². The van der Waals surface area contributed by atoms with Crippen LogP contribution in [0.15, 0.2) is 48.2 Å². The largest absolute Gasteiger partial charge is 0.340 e. The number of allylic oxidation sites excluding steroid dienone is 1. The fraction of sp³-hybridized carbons (Fsp3) is 0.125. The van der Waals surface area contributed by atoms with Crippen LogP contribution in [0, 0.1) is 0 Å². The van der Waals surface area contributed by atoms with E-state index in [9.17, 15) is 9.59 Å². The first-order valence-corrected chi connectivity index (χ1v) is 6.41. The fourth-order valence-electron chi connectivity index (χ4n) is 2.36. The minimum atomic E-state index is -0.0959. The average Bonchev–Trinajstić information content (AvgIpc) is 2.96. The van der Waals surface area contributed by atoms with Gasteiger partial charge in [0, 0.05) is 24.4 Å². The van der Waals surface area contributed by atoms with Crippen molar-refractivity contribution in [2.75, 3.05) is 5.32 Å². The van der Waals surface area contributed by atoms with Gasteiger partial charge in [-0.05, 0) is 35.9 Å². The van der Waals surface area contributed by atoms with Gasteiger partial charge >= 0.3 is 0 Å². The van der Waals surface area contributed by atoms with Crippen LogP contribution in [-0.2, 0) is 11.3 Å². The molecule has 1 aliphatic heterocycles. The van der Waals surface area contributed by atoms with Gasteiger partial charge in [-0.2, -0.15) is 0 Å². The quantitative estimate of drug-likeness (QED) is 0.850. The first-order chi connectivity index (χ1) is 9.63. The Kier molecular flexibility index (Phi) is 2.99. The van der Waals surface area contributed by atoms with Crippen molar-refractivity contribution in [1.82, 2.24) is 4.57 Å². The zero-order chi connectivity index (χ0) is 14.1. The molecule has 2 heterocycles. The predicted molar refractivity (Wildman–Crippen MR) is 77.5 cm³/mol. The number of hydrogen-bond acceptors (Lipinski definition) is 2. The SMILES string of the molecule is CC(=O)Nc1ccc(/C=C2/Cn3cccc3C2=O)cc1. The molecule has 0 unspecified atom stereocenters. The highest BCUT2D eigenvalue weighted by Crippen LogP contribution is 2.23. The standard InChI is InChI=1S/C16H14N2O2/c1-11(19)17-14-6-4-12(5-7-14)9-13-10-18-8-2-3-15(18)16(13)20/h2-9H,10H2,1H3,(H,17,19)/b13-9-. The van der Waals surface area contributed by atoms with E-state index in [0.717, 1.165) is 22.5 Å². The highest BCUT2D eigenvalue weighted by Gasteiger charge is 2.23. The van der Waals surface area contributed by atoms with Gasteiger partial charge in [0.1, 0.15) is 0 Å². The van der Waals surface area contributed by atoms with Crippen molar-refractivity contribution in [3.8, 4) is 0 Å². The van der Waals surface area contributed by atoms with Crippen LogP contribution < -0.4 is 5.32 Å². The van der Waals surface area contributed by atoms with Crippen LogP contribution in [0.25, 0.3) is 6.08 Å². The third kappa shape index (κ3) is 2.28. The Morgan fingerprint density at radius 2 is 2.00 bits per heavy atom. The lowest BCUT2D eigenvalue weighted by Crippen LogP contribution is -2.05. The van der Waals surface area contributed by atoms with Crippen LogP contribution >= 0.6 is 0 Å². The number of anilines is 1. The molecule has 0 saturated carbocycles. The molecule has 1 amide bonds.